The van der Waals surface area contributed by atoms with Gasteiger partial charge >= 0.3 is 11.7 Å². The van der Waals surface area contributed by atoms with Gasteiger partial charge in [-0.1, -0.05) is 0 Å². The average molecular weight is 212 g/mol. The number of pyridine rings is 1. The molecule has 15 heavy (non-hydrogen) atoms. The standard InChI is InChI=1S/C7H8N4O4/c8-7-4(11(14)15)1-2-5(10-7)9-3-6(12)13/h1-2H,3H2,(H,12,13)(H3,8,9,10). The Bertz CT molecular complexity index is 406. The van der Waals surface area contributed by atoms with E-state index in [2.05, 4.69) is 10.3 Å². The number of nitrogens with one attached hydrogen (secondary N) is 1. The van der Waals surface area contributed by atoms with Gasteiger partial charge in [-0.25, -0.2) is 4.98 Å². The Balaban J connectivity index is 2.82. The molecule has 80 valence electrons. The van der Waals surface area contributed by atoms with Gasteiger partial charge < -0.3 is 16.2 Å². The summed E-state index contributed by atoms with van der Waals surface area (Å²) >= 11 is 0. The lowest BCUT2D eigenvalue weighted by atomic mass is 10.4. The fraction of sp³-hybridized carbons (Fsp3) is 0.143. The Hall–Kier alpha value is -2.38. The van der Waals surface area contributed by atoms with Gasteiger partial charge in [-0.05, 0) is 6.07 Å². The van der Waals surface area contributed by atoms with Crippen LogP contribution in [-0.2, 0) is 4.79 Å². The summed E-state index contributed by atoms with van der Waals surface area (Å²) in [5, 5.41) is 21.2. The van der Waals surface area contributed by atoms with Gasteiger partial charge in [0, 0.05) is 6.07 Å². The highest BCUT2D eigenvalue weighted by molar-refractivity contribution is 5.72. The second-order valence-electron chi connectivity index (χ2n) is 2.61. The van der Waals surface area contributed by atoms with Gasteiger partial charge in [-0.3, -0.25) is 14.9 Å². The van der Waals surface area contributed by atoms with Crippen LogP contribution in [0.1, 0.15) is 0 Å². The van der Waals surface area contributed by atoms with Gasteiger partial charge in [0.05, 0.1) is 4.92 Å². The minimum absolute atomic E-state index is 0.181. The molecule has 0 saturated carbocycles. The molecule has 1 rings (SSSR count). The maximum atomic E-state index is 10.4. The molecular formula is C7H8N4O4. The van der Waals surface area contributed by atoms with E-state index < -0.39 is 10.9 Å². The van der Waals surface area contributed by atoms with Crippen molar-refractivity contribution >= 4 is 23.3 Å². The summed E-state index contributed by atoms with van der Waals surface area (Å²) in [6.45, 7) is -0.329. The molecule has 1 aromatic rings. The first-order valence-electron chi connectivity index (χ1n) is 3.87. The number of carbonyl (C=O) groups is 1. The number of rotatable bonds is 4. The van der Waals surface area contributed by atoms with Crippen molar-refractivity contribution in [3.63, 3.8) is 0 Å². The maximum absolute atomic E-state index is 10.4. The SMILES string of the molecule is Nc1nc(NCC(=O)O)ccc1[N+](=O)[O-]. The Morgan fingerprint density at radius 1 is 1.67 bits per heavy atom. The third-order valence-corrected chi connectivity index (χ3v) is 1.52. The quantitative estimate of drug-likeness (QED) is 0.475. The lowest BCUT2D eigenvalue weighted by Crippen LogP contribution is -2.13. The molecule has 8 nitrogen and oxygen atoms in total. The van der Waals surface area contributed by atoms with E-state index in [4.69, 9.17) is 10.8 Å². The largest absolute Gasteiger partial charge is 0.480 e. The Morgan fingerprint density at radius 2 is 2.33 bits per heavy atom. The normalized spacial score (nSPS) is 9.60. The molecule has 0 aliphatic heterocycles. The van der Waals surface area contributed by atoms with Crippen molar-refractivity contribution in [2.75, 3.05) is 17.6 Å². The number of anilines is 2. The number of nitrogens with zero attached hydrogens (tertiary/aromatic N) is 2. The number of nitrogen functional groups attached to an aromatic ring is 1. The minimum Gasteiger partial charge on any atom is -0.480 e. The summed E-state index contributed by atoms with van der Waals surface area (Å²) in [6.07, 6.45) is 0. The average Bonchev–Trinajstić information content (AvgIpc) is 2.14. The molecule has 0 fully saturated rings. The van der Waals surface area contributed by atoms with E-state index in [1.165, 1.54) is 6.07 Å². The van der Waals surface area contributed by atoms with Gasteiger partial charge in [0.15, 0.2) is 0 Å². The highest BCUT2D eigenvalue weighted by Crippen LogP contribution is 2.20. The van der Waals surface area contributed by atoms with Gasteiger partial charge in [-0.2, -0.15) is 0 Å². The van der Waals surface area contributed by atoms with Crippen LogP contribution in [0.15, 0.2) is 12.1 Å². The van der Waals surface area contributed by atoms with E-state index in [-0.39, 0.29) is 23.9 Å². The molecule has 0 bridgehead atoms. The fourth-order valence-corrected chi connectivity index (χ4v) is 0.887. The molecule has 0 radical (unpaired) electrons. The van der Waals surface area contributed by atoms with E-state index in [0.717, 1.165) is 6.07 Å². The van der Waals surface area contributed by atoms with Crippen LogP contribution in [0.25, 0.3) is 0 Å². The molecule has 0 aliphatic rings. The number of hydrogen-bond acceptors (Lipinski definition) is 6. The third kappa shape index (κ3) is 2.79. The van der Waals surface area contributed by atoms with Crippen LogP contribution < -0.4 is 11.1 Å². The fourth-order valence-electron chi connectivity index (χ4n) is 0.887. The Labute approximate surface area is 83.9 Å². The van der Waals surface area contributed by atoms with Gasteiger partial charge in [-0.15, -0.1) is 0 Å². The first-order valence-corrected chi connectivity index (χ1v) is 3.87. The molecule has 0 amide bonds. The molecular weight excluding hydrogens is 204 g/mol. The van der Waals surface area contributed by atoms with Crippen LogP contribution in [0.2, 0.25) is 0 Å². The number of nitrogens with two attached hydrogens (primary N) is 1. The van der Waals surface area contributed by atoms with Crippen molar-refractivity contribution in [2.24, 2.45) is 0 Å². The summed E-state index contributed by atoms with van der Waals surface area (Å²) in [5.41, 5.74) is 4.98. The summed E-state index contributed by atoms with van der Waals surface area (Å²) in [6, 6.07) is 2.45. The highest BCUT2D eigenvalue weighted by atomic mass is 16.6. The lowest BCUT2D eigenvalue weighted by Gasteiger charge is -2.02. The molecule has 0 aliphatic carbocycles. The van der Waals surface area contributed by atoms with Gasteiger partial charge in [0.1, 0.15) is 12.4 Å². The summed E-state index contributed by atoms with van der Waals surface area (Å²) in [5.74, 6) is -1.13. The predicted octanol–water partition coefficient (Wildman–Crippen LogP) is 0.0685. The zero-order valence-corrected chi connectivity index (χ0v) is 7.51. The van der Waals surface area contributed by atoms with Crippen LogP contribution >= 0.6 is 0 Å². The summed E-state index contributed by atoms with van der Waals surface area (Å²) < 4.78 is 0. The van der Waals surface area contributed by atoms with Crippen LogP contribution in [-0.4, -0.2) is 27.5 Å². The first-order chi connectivity index (χ1) is 7.00. The topological polar surface area (TPSA) is 131 Å². The van der Waals surface area contributed by atoms with Crippen molar-refractivity contribution in [1.29, 1.82) is 0 Å². The molecule has 0 spiro atoms. The second-order valence-corrected chi connectivity index (χ2v) is 2.61. The van der Waals surface area contributed by atoms with Crippen molar-refractivity contribution in [2.45, 2.75) is 0 Å². The number of carboxylic acids is 1. The van der Waals surface area contributed by atoms with Crippen LogP contribution in [0, 0.1) is 10.1 Å². The second kappa shape index (κ2) is 4.22. The summed E-state index contributed by atoms with van der Waals surface area (Å²) in [7, 11) is 0. The number of nitro groups is 1. The molecule has 0 unspecified atom stereocenters. The molecule has 0 saturated heterocycles. The van der Waals surface area contributed by atoms with Crippen molar-refractivity contribution in [3.05, 3.63) is 22.2 Å². The van der Waals surface area contributed by atoms with Crippen molar-refractivity contribution in [3.8, 4) is 0 Å². The number of aromatic nitrogens is 1. The molecule has 8 heteroatoms. The molecule has 1 heterocycles. The van der Waals surface area contributed by atoms with Crippen LogP contribution in [0.5, 0.6) is 0 Å². The minimum atomic E-state index is -1.06. The van der Waals surface area contributed by atoms with E-state index >= 15 is 0 Å². The smallest absolute Gasteiger partial charge is 0.322 e. The Morgan fingerprint density at radius 3 is 2.80 bits per heavy atom. The number of hydrogen-bond donors (Lipinski definition) is 3. The molecule has 4 N–H and O–H groups in total. The maximum Gasteiger partial charge on any atom is 0.322 e. The molecule has 0 aromatic carbocycles. The highest BCUT2D eigenvalue weighted by Gasteiger charge is 2.12. The van der Waals surface area contributed by atoms with E-state index in [1.54, 1.807) is 0 Å². The number of carboxylic acid groups (broad SMARTS) is 1. The van der Waals surface area contributed by atoms with Gasteiger partial charge in [0.25, 0.3) is 0 Å². The predicted molar refractivity (Wildman–Crippen MR) is 51.4 cm³/mol. The number of aliphatic carboxylic acids is 1. The van der Waals surface area contributed by atoms with Crippen molar-refractivity contribution < 1.29 is 14.8 Å². The molecule has 1 aromatic heterocycles. The monoisotopic (exact) mass is 212 g/mol. The molecule has 0 atom stereocenters. The first kappa shape index (κ1) is 10.7. The van der Waals surface area contributed by atoms with Crippen molar-refractivity contribution in [1.82, 2.24) is 4.98 Å². The Kier molecular flexibility index (Phi) is 3.01. The van der Waals surface area contributed by atoms with Crippen LogP contribution in [0.4, 0.5) is 17.3 Å². The summed E-state index contributed by atoms with van der Waals surface area (Å²) in [4.78, 5) is 23.5. The van der Waals surface area contributed by atoms with Gasteiger partial charge in [0.2, 0.25) is 5.82 Å². The van der Waals surface area contributed by atoms with E-state index in [9.17, 15) is 14.9 Å². The third-order valence-electron chi connectivity index (χ3n) is 1.52. The zero-order chi connectivity index (χ0) is 11.4. The van der Waals surface area contributed by atoms with Crippen LogP contribution in [0.3, 0.4) is 0 Å². The lowest BCUT2D eigenvalue weighted by molar-refractivity contribution is -0.384. The zero-order valence-electron chi connectivity index (χ0n) is 7.51. The van der Waals surface area contributed by atoms with E-state index in [0.29, 0.717) is 0 Å². The van der Waals surface area contributed by atoms with E-state index in [1.807, 2.05) is 0 Å².